The van der Waals surface area contributed by atoms with E-state index in [-0.39, 0.29) is 16.8 Å². The molecule has 0 spiro atoms. The van der Waals surface area contributed by atoms with Crippen molar-refractivity contribution in [2.45, 2.75) is 51.0 Å². The fourth-order valence-corrected chi connectivity index (χ4v) is 3.92. The van der Waals surface area contributed by atoms with Gasteiger partial charge in [0.15, 0.2) is 0 Å². The molecule has 0 N–H and O–H groups in total. The van der Waals surface area contributed by atoms with Gasteiger partial charge in [-0.25, -0.2) is 8.42 Å². The zero-order valence-corrected chi connectivity index (χ0v) is 15.8. The van der Waals surface area contributed by atoms with E-state index in [1.807, 2.05) is 18.7 Å². The fourth-order valence-electron chi connectivity index (χ4n) is 2.55. The van der Waals surface area contributed by atoms with Crippen LogP contribution >= 0.6 is 0 Å². The number of benzene rings is 1. The van der Waals surface area contributed by atoms with Gasteiger partial charge < -0.3 is 4.90 Å². The van der Waals surface area contributed by atoms with Crippen LogP contribution in [-0.4, -0.2) is 49.7 Å². The lowest BCUT2D eigenvalue weighted by molar-refractivity contribution is 0.0747. The molecule has 0 atom stereocenters. The highest BCUT2D eigenvalue weighted by atomic mass is 32.2. The summed E-state index contributed by atoms with van der Waals surface area (Å²) in [6.07, 6.45) is 3.32. The monoisotopic (exact) mass is 352 g/mol. The van der Waals surface area contributed by atoms with Gasteiger partial charge in [-0.15, -0.1) is 0 Å². The Morgan fingerprint density at radius 3 is 2.25 bits per heavy atom. The number of sulfonamides is 1. The molecule has 0 saturated heterocycles. The number of carbonyl (C=O) groups is 1. The van der Waals surface area contributed by atoms with Crippen LogP contribution in [0.2, 0.25) is 0 Å². The SMILES string of the molecule is CCCN(CC1CC1)C(=O)c1ccc(S(=O)(=O)N(C)C(C)C)cc1. The molecular weight excluding hydrogens is 324 g/mol. The standard InChI is InChI=1S/C18H28N2O3S/c1-5-12-20(13-15-6-7-15)18(21)16-8-10-17(11-9-16)24(22,23)19(4)14(2)3/h8-11,14-15H,5-7,12-13H2,1-4H3. The molecule has 0 heterocycles. The Morgan fingerprint density at radius 1 is 1.21 bits per heavy atom. The summed E-state index contributed by atoms with van der Waals surface area (Å²) in [6.45, 7) is 7.27. The summed E-state index contributed by atoms with van der Waals surface area (Å²) in [6, 6.07) is 6.19. The van der Waals surface area contributed by atoms with E-state index in [0.29, 0.717) is 11.5 Å². The normalized spacial score (nSPS) is 15.1. The van der Waals surface area contributed by atoms with Crippen molar-refractivity contribution >= 4 is 15.9 Å². The van der Waals surface area contributed by atoms with Gasteiger partial charge in [0.1, 0.15) is 0 Å². The maximum absolute atomic E-state index is 12.7. The Kier molecular flexibility index (Phi) is 6.04. The lowest BCUT2D eigenvalue weighted by atomic mass is 10.2. The summed E-state index contributed by atoms with van der Waals surface area (Å²) >= 11 is 0. The maximum atomic E-state index is 12.7. The van der Waals surface area contributed by atoms with Crippen LogP contribution < -0.4 is 0 Å². The molecule has 1 saturated carbocycles. The largest absolute Gasteiger partial charge is 0.338 e. The number of nitrogens with zero attached hydrogens (tertiary/aromatic N) is 2. The van der Waals surface area contributed by atoms with Crippen molar-refractivity contribution in [2.24, 2.45) is 5.92 Å². The molecule has 0 bridgehead atoms. The van der Waals surface area contributed by atoms with E-state index in [4.69, 9.17) is 0 Å². The van der Waals surface area contributed by atoms with Crippen LogP contribution in [0.1, 0.15) is 50.4 Å². The average Bonchev–Trinajstić information content (AvgIpc) is 3.37. The number of amides is 1. The summed E-state index contributed by atoms with van der Waals surface area (Å²) in [7, 11) is -1.94. The molecule has 0 aromatic heterocycles. The second-order valence-corrected chi connectivity index (χ2v) is 8.83. The third-order valence-corrected chi connectivity index (χ3v) is 6.51. The first kappa shape index (κ1) is 18.9. The van der Waals surface area contributed by atoms with Crippen molar-refractivity contribution in [3.63, 3.8) is 0 Å². The number of hydrogen-bond donors (Lipinski definition) is 0. The van der Waals surface area contributed by atoms with Crippen molar-refractivity contribution in [3.05, 3.63) is 29.8 Å². The van der Waals surface area contributed by atoms with Crippen molar-refractivity contribution in [2.75, 3.05) is 20.1 Å². The molecule has 5 nitrogen and oxygen atoms in total. The Labute approximate surface area is 145 Å². The number of hydrogen-bond acceptors (Lipinski definition) is 3. The van der Waals surface area contributed by atoms with Gasteiger partial charge in [0.25, 0.3) is 5.91 Å². The number of rotatable bonds is 8. The molecule has 1 aliphatic carbocycles. The predicted octanol–water partition coefficient (Wildman–Crippen LogP) is 2.98. The van der Waals surface area contributed by atoms with E-state index in [1.54, 1.807) is 19.2 Å². The molecular formula is C18H28N2O3S. The van der Waals surface area contributed by atoms with Gasteiger partial charge in [-0.3, -0.25) is 4.79 Å². The lowest BCUT2D eigenvalue weighted by Gasteiger charge is -2.23. The maximum Gasteiger partial charge on any atom is 0.253 e. The van der Waals surface area contributed by atoms with Crippen LogP contribution in [0.25, 0.3) is 0 Å². The Morgan fingerprint density at radius 2 is 1.79 bits per heavy atom. The zero-order valence-electron chi connectivity index (χ0n) is 15.0. The van der Waals surface area contributed by atoms with Gasteiger partial charge in [0, 0.05) is 31.7 Å². The molecule has 2 rings (SSSR count). The van der Waals surface area contributed by atoms with Gasteiger partial charge >= 0.3 is 0 Å². The third-order valence-electron chi connectivity index (χ3n) is 4.46. The Hall–Kier alpha value is -1.40. The highest BCUT2D eigenvalue weighted by Gasteiger charge is 2.27. The van der Waals surface area contributed by atoms with Gasteiger partial charge in [-0.2, -0.15) is 4.31 Å². The van der Waals surface area contributed by atoms with Crippen molar-refractivity contribution in [1.82, 2.24) is 9.21 Å². The second-order valence-electron chi connectivity index (χ2n) is 6.83. The van der Waals surface area contributed by atoms with Gasteiger partial charge in [0.05, 0.1) is 4.90 Å². The van der Waals surface area contributed by atoms with E-state index < -0.39 is 10.0 Å². The smallest absolute Gasteiger partial charge is 0.253 e. The minimum atomic E-state index is -3.51. The quantitative estimate of drug-likeness (QED) is 0.723. The molecule has 1 aromatic rings. The summed E-state index contributed by atoms with van der Waals surface area (Å²) in [4.78, 5) is 14.8. The molecule has 0 unspecified atom stereocenters. The topological polar surface area (TPSA) is 57.7 Å². The summed E-state index contributed by atoms with van der Waals surface area (Å²) in [5, 5.41) is 0. The summed E-state index contributed by atoms with van der Waals surface area (Å²) in [5.41, 5.74) is 0.551. The predicted molar refractivity (Wildman–Crippen MR) is 95.4 cm³/mol. The molecule has 0 aliphatic heterocycles. The highest BCUT2D eigenvalue weighted by Crippen LogP contribution is 2.30. The Bertz CT molecular complexity index is 664. The van der Waals surface area contributed by atoms with E-state index in [1.165, 1.54) is 29.3 Å². The van der Waals surface area contributed by atoms with Crippen molar-refractivity contribution in [1.29, 1.82) is 0 Å². The van der Waals surface area contributed by atoms with Crippen LogP contribution in [-0.2, 0) is 10.0 Å². The minimum Gasteiger partial charge on any atom is -0.338 e. The summed E-state index contributed by atoms with van der Waals surface area (Å²) in [5.74, 6) is 0.629. The molecule has 24 heavy (non-hydrogen) atoms. The molecule has 0 radical (unpaired) electrons. The first-order chi connectivity index (χ1) is 11.3. The van der Waals surface area contributed by atoms with Gasteiger partial charge in [-0.1, -0.05) is 6.92 Å². The van der Waals surface area contributed by atoms with Crippen LogP contribution in [0.4, 0.5) is 0 Å². The molecule has 1 aliphatic rings. The molecule has 1 fully saturated rings. The summed E-state index contributed by atoms with van der Waals surface area (Å²) < 4.78 is 26.3. The molecule has 1 aromatic carbocycles. The second kappa shape index (κ2) is 7.66. The Balaban J connectivity index is 2.16. The van der Waals surface area contributed by atoms with Crippen LogP contribution in [0.5, 0.6) is 0 Å². The zero-order chi connectivity index (χ0) is 17.9. The first-order valence-electron chi connectivity index (χ1n) is 8.64. The van der Waals surface area contributed by atoms with Gasteiger partial charge in [0.2, 0.25) is 10.0 Å². The molecule has 134 valence electrons. The molecule has 1 amide bonds. The minimum absolute atomic E-state index is 0.00934. The van der Waals surface area contributed by atoms with E-state index >= 15 is 0 Å². The van der Waals surface area contributed by atoms with E-state index in [2.05, 4.69) is 6.92 Å². The van der Waals surface area contributed by atoms with Crippen LogP contribution in [0.15, 0.2) is 29.2 Å². The van der Waals surface area contributed by atoms with Crippen molar-refractivity contribution in [3.8, 4) is 0 Å². The van der Waals surface area contributed by atoms with Gasteiger partial charge in [-0.05, 0) is 63.3 Å². The number of carbonyl (C=O) groups excluding carboxylic acids is 1. The van der Waals surface area contributed by atoms with Crippen LogP contribution in [0, 0.1) is 5.92 Å². The molecule has 6 heteroatoms. The highest BCUT2D eigenvalue weighted by molar-refractivity contribution is 7.89. The fraction of sp³-hybridized carbons (Fsp3) is 0.611. The van der Waals surface area contributed by atoms with E-state index in [0.717, 1.165) is 19.5 Å². The third kappa shape index (κ3) is 4.36. The van der Waals surface area contributed by atoms with Crippen LogP contribution in [0.3, 0.4) is 0 Å². The van der Waals surface area contributed by atoms with Crippen molar-refractivity contribution < 1.29 is 13.2 Å². The van der Waals surface area contributed by atoms with E-state index in [9.17, 15) is 13.2 Å². The first-order valence-corrected chi connectivity index (χ1v) is 10.1. The lowest BCUT2D eigenvalue weighted by Crippen LogP contribution is -2.34. The average molecular weight is 353 g/mol.